The van der Waals surface area contributed by atoms with Crippen LogP contribution in [-0.4, -0.2) is 10.9 Å². The molecule has 0 bridgehead atoms. The SMILES string of the molecule is Cc1ccc(OCc2nc(CC(=O)Nc3ccc(C#N)c(Cl)c3)cs2)cc1. The van der Waals surface area contributed by atoms with Crippen LogP contribution in [0.15, 0.2) is 47.8 Å². The molecule has 1 heterocycles. The summed E-state index contributed by atoms with van der Waals surface area (Å²) in [6.45, 7) is 2.38. The fourth-order valence-electron chi connectivity index (χ4n) is 2.33. The quantitative estimate of drug-likeness (QED) is 0.652. The normalized spacial score (nSPS) is 10.3. The Kier molecular flexibility index (Phi) is 6.07. The zero-order chi connectivity index (χ0) is 19.2. The molecule has 0 saturated heterocycles. The highest BCUT2D eigenvalue weighted by molar-refractivity contribution is 7.09. The highest BCUT2D eigenvalue weighted by Gasteiger charge is 2.10. The molecule has 0 radical (unpaired) electrons. The van der Waals surface area contributed by atoms with Gasteiger partial charge in [-0.2, -0.15) is 5.26 Å². The Morgan fingerprint density at radius 3 is 2.78 bits per heavy atom. The molecule has 0 atom stereocenters. The molecule has 2 aromatic carbocycles. The minimum absolute atomic E-state index is 0.151. The molecule has 3 rings (SSSR count). The summed E-state index contributed by atoms with van der Waals surface area (Å²) in [5.74, 6) is 0.583. The maximum Gasteiger partial charge on any atom is 0.230 e. The van der Waals surface area contributed by atoms with Gasteiger partial charge in [-0.15, -0.1) is 11.3 Å². The molecule has 0 aliphatic carbocycles. The third kappa shape index (κ3) is 5.30. The van der Waals surface area contributed by atoms with Gasteiger partial charge in [0.2, 0.25) is 5.91 Å². The molecule has 0 fully saturated rings. The number of nitriles is 1. The van der Waals surface area contributed by atoms with Gasteiger partial charge in [0.1, 0.15) is 23.4 Å². The van der Waals surface area contributed by atoms with Gasteiger partial charge in [0, 0.05) is 11.1 Å². The van der Waals surface area contributed by atoms with Crippen molar-refractivity contribution in [2.24, 2.45) is 0 Å². The number of halogens is 1. The minimum Gasteiger partial charge on any atom is -0.486 e. The molecule has 1 N–H and O–H groups in total. The van der Waals surface area contributed by atoms with Crippen LogP contribution in [0.3, 0.4) is 0 Å². The van der Waals surface area contributed by atoms with E-state index in [1.54, 1.807) is 18.2 Å². The number of nitrogens with zero attached hydrogens (tertiary/aromatic N) is 2. The standard InChI is InChI=1S/C20H16ClN3O2S/c1-13-2-6-17(7-3-13)26-11-20-24-16(12-27-20)9-19(25)23-15-5-4-14(10-22)18(21)8-15/h2-8,12H,9,11H2,1H3,(H,23,25). The van der Waals surface area contributed by atoms with E-state index in [-0.39, 0.29) is 12.3 Å². The molecule has 0 saturated carbocycles. The first-order chi connectivity index (χ1) is 13.0. The van der Waals surface area contributed by atoms with Gasteiger partial charge in [-0.25, -0.2) is 4.98 Å². The van der Waals surface area contributed by atoms with Crippen LogP contribution in [0, 0.1) is 18.3 Å². The molecule has 0 unspecified atom stereocenters. The predicted octanol–water partition coefficient (Wildman–Crippen LogP) is 4.74. The number of hydrogen-bond acceptors (Lipinski definition) is 5. The molecular weight excluding hydrogens is 382 g/mol. The molecule has 27 heavy (non-hydrogen) atoms. The minimum atomic E-state index is -0.202. The van der Waals surface area contributed by atoms with Crippen LogP contribution in [0.25, 0.3) is 0 Å². The van der Waals surface area contributed by atoms with E-state index >= 15 is 0 Å². The zero-order valence-electron chi connectivity index (χ0n) is 14.5. The zero-order valence-corrected chi connectivity index (χ0v) is 16.1. The van der Waals surface area contributed by atoms with E-state index in [0.717, 1.165) is 10.8 Å². The van der Waals surface area contributed by atoms with Gasteiger partial charge in [0.15, 0.2) is 0 Å². The summed E-state index contributed by atoms with van der Waals surface area (Å²) in [6.07, 6.45) is 0.151. The van der Waals surface area contributed by atoms with Crippen LogP contribution in [0.1, 0.15) is 21.8 Å². The summed E-state index contributed by atoms with van der Waals surface area (Å²) >= 11 is 7.43. The van der Waals surface area contributed by atoms with Crippen molar-refractivity contribution in [1.82, 2.24) is 4.98 Å². The molecule has 1 amide bonds. The predicted molar refractivity (Wildman–Crippen MR) is 106 cm³/mol. The summed E-state index contributed by atoms with van der Waals surface area (Å²) in [5, 5.41) is 14.6. The average Bonchev–Trinajstić information content (AvgIpc) is 3.08. The maximum atomic E-state index is 12.2. The number of amides is 1. The Balaban J connectivity index is 1.54. The Labute approximate surface area is 166 Å². The first kappa shape index (κ1) is 18.9. The number of aryl methyl sites for hydroxylation is 1. The van der Waals surface area contributed by atoms with Gasteiger partial charge in [0.25, 0.3) is 0 Å². The molecule has 5 nitrogen and oxygen atoms in total. The summed E-state index contributed by atoms with van der Waals surface area (Å²) in [4.78, 5) is 16.6. The van der Waals surface area contributed by atoms with Crippen molar-refractivity contribution in [1.29, 1.82) is 5.26 Å². The monoisotopic (exact) mass is 397 g/mol. The molecule has 7 heteroatoms. The number of hydrogen-bond donors (Lipinski definition) is 1. The Bertz CT molecular complexity index is 993. The number of thiazole rings is 1. The summed E-state index contributed by atoms with van der Waals surface area (Å²) < 4.78 is 5.70. The third-order valence-electron chi connectivity index (χ3n) is 3.70. The van der Waals surface area contributed by atoms with Crippen molar-refractivity contribution < 1.29 is 9.53 Å². The van der Waals surface area contributed by atoms with Crippen molar-refractivity contribution in [2.75, 3.05) is 5.32 Å². The topological polar surface area (TPSA) is 75.0 Å². The lowest BCUT2D eigenvalue weighted by Gasteiger charge is -2.05. The summed E-state index contributed by atoms with van der Waals surface area (Å²) in [6, 6.07) is 14.6. The maximum absolute atomic E-state index is 12.2. The van der Waals surface area contributed by atoms with E-state index in [1.165, 1.54) is 16.9 Å². The fraction of sp³-hybridized carbons (Fsp3) is 0.150. The highest BCUT2D eigenvalue weighted by Crippen LogP contribution is 2.21. The highest BCUT2D eigenvalue weighted by atomic mass is 35.5. The summed E-state index contributed by atoms with van der Waals surface area (Å²) in [5.41, 5.74) is 2.77. The van der Waals surface area contributed by atoms with E-state index in [2.05, 4.69) is 10.3 Å². The molecule has 0 aliphatic heterocycles. The molecule has 0 spiro atoms. The van der Waals surface area contributed by atoms with Gasteiger partial charge in [-0.1, -0.05) is 29.3 Å². The van der Waals surface area contributed by atoms with E-state index < -0.39 is 0 Å². The number of rotatable bonds is 6. The first-order valence-corrected chi connectivity index (χ1v) is 9.41. The second-order valence-electron chi connectivity index (χ2n) is 5.87. The van der Waals surface area contributed by atoms with Crippen molar-refractivity contribution in [3.63, 3.8) is 0 Å². The molecular formula is C20H16ClN3O2S. The number of benzene rings is 2. The Morgan fingerprint density at radius 1 is 1.30 bits per heavy atom. The van der Waals surface area contributed by atoms with Crippen LogP contribution in [-0.2, 0) is 17.8 Å². The van der Waals surface area contributed by atoms with E-state index in [0.29, 0.717) is 28.6 Å². The molecule has 1 aromatic heterocycles. The summed E-state index contributed by atoms with van der Waals surface area (Å²) in [7, 11) is 0. The number of aromatic nitrogens is 1. The van der Waals surface area contributed by atoms with Gasteiger partial charge < -0.3 is 10.1 Å². The van der Waals surface area contributed by atoms with Crippen LogP contribution in [0.4, 0.5) is 5.69 Å². The van der Waals surface area contributed by atoms with Gasteiger partial charge in [0.05, 0.1) is 22.7 Å². The molecule has 136 valence electrons. The van der Waals surface area contributed by atoms with Crippen molar-refractivity contribution in [2.45, 2.75) is 20.0 Å². The second kappa shape index (κ2) is 8.67. The van der Waals surface area contributed by atoms with Crippen molar-refractivity contribution in [3.8, 4) is 11.8 Å². The average molecular weight is 398 g/mol. The van der Waals surface area contributed by atoms with Crippen LogP contribution >= 0.6 is 22.9 Å². The van der Waals surface area contributed by atoms with E-state index in [9.17, 15) is 4.79 Å². The largest absolute Gasteiger partial charge is 0.486 e. The van der Waals surface area contributed by atoms with Gasteiger partial charge in [-0.3, -0.25) is 4.79 Å². The first-order valence-electron chi connectivity index (χ1n) is 8.16. The lowest BCUT2D eigenvalue weighted by molar-refractivity contribution is -0.115. The van der Waals surface area contributed by atoms with Crippen LogP contribution < -0.4 is 10.1 Å². The fourth-order valence-corrected chi connectivity index (χ4v) is 3.26. The second-order valence-corrected chi connectivity index (χ2v) is 7.22. The number of ether oxygens (including phenoxy) is 1. The van der Waals surface area contributed by atoms with E-state index in [4.69, 9.17) is 21.6 Å². The molecule has 3 aromatic rings. The van der Waals surface area contributed by atoms with Crippen LogP contribution in [0.2, 0.25) is 5.02 Å². The van der Waals surface area contributed by atoms with Crippen molar-refractivity contribution >= 4 is 34.5 Å². The smallest absolute Gasteiger partial charge is 0.230 e. The number of carbonyl (C=O) groups is 1. The van der Waals surface area contributed by atoms with Gasteiger partial charge >= 0.3 is 0 Å². The Morgan fingerprint density at radius 2 is 2.07 bits per heavy atom. The van der Waals surface area contributed by atoms with Crippen molar-refractivity contribution in [3.05, 3.63) is 74.7 Å². The lowest BCUT2D eigenvalue weighted by Crippen LogP contribution is -2.14. The third-order valence-corrected chi connectivity index (χ3v) is 4.88. The van der Waals surface area contributed by atoms with Gasteiger partial charge in [-0.05, 0) is 37.3 Å². The Hall–Kier alpha value is -2.88. The lowest BCUT2D eigenvalue weighted by atomic mass is 10.2. The van der Waals surface area contributed by atoms with Crippen LogP contribution in [0.5, 0.6) is 5.75 Å². The number of anilines is 1. The number of nitrogens with one attached hydrogen (secondary N) is 1. The molecule has 0 aliphatic rings. The van der Waals surface area contributed by atoms with E-state index in [1.807, 2.05) is 42.6 Å². The number of carbonyl (C=O) groups excluding carboxylic acids is 1.